The predicted molar refractivity (Wildman–Crippen MR) is 95.3 cm³/mol. The van der Waals surface area contributed by atoms with E-state index in [0.717, 1.165) is 13.0 Å². The highest BCUT2D eigenvalue weighted by molar-refractivity contribution is 7.91. The summed E-state index contributed by atoms with van der Waals surface area (Å²) in [6.07, 6.45) is 3.61. The van der Waals surface area contributed by atoms with Crippen molar-refractivity contribution in [2.24, 2.45) is 0 Å². The molecule has 0 aliphatic carbocycles. The Balaban J connectivity index is 1.55. The van der Waals surface area contributed by atoms with E-state index in [1.807, 2.05) is 35.0 Å². The van der Waals surface area contributed by atoms with Gasteiger partial charge in [-0.25, -0.2) is 8.42 Å². The molecule has 24 heavy (non-hydrogen) atoms. The van der Waals surface area contributed by atoms with Crippen molar-refractivity contribution in [3.63, 3.8) is 0 Å². The number of carbonyl (C=O) groups excluding carboxylic acids is 1. The topological polar surface area (TPSA) is 57.7 Å². The van der Waals surface area contributed by atoms with Gasteiger partial charge in [-0.3, -0.25) is 9.69 Å². The highest BCUT2D eigenvalue weighted by Crippen LogP contribution is 2.22. The molecule has 0 bridgehead atoms. The summed E-state index contributed by atoms with van der Waals surface area (Å²) in [5.74, 6) is 0.489. The molecule has 2 heterocycles. The Kier molecular flexibility index (Phi) is 5.06. The summed E-state index contributed by atoms with van der Waals surface area (Å²) in [5.41, 5.74) is 2.51. The number of nitrogens with zero attached hydrogens (tertiary/aromatic N) is 2. The van der Waals surface area contributed by atoms with Crippen molar-refractivity contribution >= 4 is 21.3 Å². The molecule has 1 aromatic carbocycles. The van der Waals surface area contributed by atoms with E-state index in [9.17, 15) is 13.2 Å². The molecule has 2 aliphatic rings. The molecule has 1 unspecified atom stereocenters. The second-order valence-electron chi connectivity index (χ2n) is 6.66. The van der Waals surface area contributed by atoms with Gasteiger partial charge in [0.25, 0.3) is 0 Å². The summed E-state index contributed by atoms with van der Waals surface area (Å²) in [6.45, 7) is 1.63. The summed E-state index contributed by atoms with van der Waals surface area (Å²) in [6, 6.07) is 10.2. The molecule has 1 saturated heterocycles. The van der Waals surface area contributed by atoms with Crippen molar-refractivity contribution in [2.45, 2.75) is 18.9 Å². The van der Waals surface area contributed by atoms with Gasteiger partial charge in [-0.2, -0.15) is 0 Å². The number of amides is 1. The SMILES string of the molecule is CN(CC(=O)N1CC=C(c2ccccc2)CC1)C1CCS(=O)(=O)C1. The lowest BCUT2D eigenvalue weighted by Crippen LogP contribution is -2.44. The maximum absolute atomic E-state index is 12.5. The fraction of sp³-hybridized carbons (Fsp3) is 0.500. The third-order valence-electron chi connectivity index (χ3n) is 4.92. The molecule has 130 valence electrons. The van der Waals surface area contributed by atoms with E-state index in [-0.39, 0.29) is 30.0 Å². The standard InChI is InChI=1S/C18H24N2O3S/c1-19(17-9-12-24(22,23)14-17)13-18(21)20-10-7-16(8-11-20)15-5-3-2-4-6-15/h2-7,17H,8-14H2,1H3. The lowest BCUT2D eigenvalue weighted by atomic mass is 9.99. The van der Waals surface area contributed by atoms with Crippen LogP contribution in [0.25, 0.3) is 5.57 Å². The Morgan fingerprint density at radius 2 is 2.04 bits per heavy atom. The van der Waals surface area contributed by atoms with Crippen molar-refractivity contribution in [3.8, 4) is 0 Å². The van der Waals surface area contributed by atoms with Gasteiger partial charge in [0.05, 0.1) is 18.1 Å². The fourth-order valence-corrected chi connectivity index (χ4v) is 5.18. The quantitative estimate of drug-likeness (QED) is 0.826. The highest BCUT2D eigenvalue weighted by atomic mass is 32.2. The first-order valence-electron chi connectivity index (χ1n) is 8.37. The number of benzene rings is 1. The average Bonchev–Trinajstić information content (AvgIpc) is 2.96. The Labute approximate surface area is 143 Å². The van der Waals surface area contributed by atoms with Gasteiger partial charge >= 0.3 is 0 Å². The molecule has 1 aromatic rings. The zero-order valence-corrected chi connectivity index (χ0v) is 14.8. The van der Waals surface area contributed by atoms with Gasteiger partial charge in [0.2, 0.25) is 5.91 Å². The molecule has 0 saturated carbocycles. The third kappa shape index (κ3) is 4.05. The van der Waals surface area contributed by atoms with Crippen LogP contribution in [0.1, 0.15) is 18.4 Å². The summed E-state index contributed by atoms with van der Waals surface area (Å²) in [7, 11) is -1.07. The van der Waals surface area contributed by atoms with Crippen LogP contribution in [0.3, 0.4) is 0 Å². The molecule has 0 aromatic heterocycles. The van der Waals surface area contributed by atoms with Crippen LogP contribution >= 0.6 is 0 Å². The number of carbonyl (C=O) groups is 1. The number of hydrogen-bond donors (Lipinski definition) is 0. The highest BCUT2D eigenvalue weighted by Gasteiger charge is 2.32. The van der Waals surface area contributed by atoms with Crippen LogP contribution in [0, 0.1) is 0 Å². The van der Waals surface area contributed by atoms with E-state index >= 15 is 0 Å². The predicted octanol–water partition coefficient (Wildman–Crippen LogP) is 1.42. The summed E-state index contributed by atoms with van der Waals surface area (Å²) in [4.78, 5) is 16.2. The van der Waals surface area contributed by atoms with E-state index in [0.29, 0.717) is 13.0 Å². The first-order chi connectivity index (χ1) is 11.4. The molecule has 0 N–H and O–H groups in total. The minimum absolute atomic E-state index is 0.0286. The lowest BCUT2D eigenvalue weighted by Gasteiger charge is -2.30. The zero-order valence-electron chi connectivity index (χ0n) is 14.0. The molecule has 1 fully saturated rings. The fourth-order valence-electron chi connectivity index (χ4n) is 3.38. The normalized spacial score (nSPS) is 23.3. The van der Waals surface area contributed by atoms with Crippen LogP contribution in [-0.4, -0.2) is 68.4 Å². The van der Waals surface area contributed by atoms with Crippen molar-refractivity contribution in [2.75, 3.05) is 38.2 Å². The van der Waals surface area contributed by atoms with E-state index in [1.54, 1.807) is 0 Å². The van der Waals surface area contributed by atoms with Gasteiger partial charge in [0.15, 0.2) is 9.84 Å². The van der Waals surface area contributed by atoms with Crippen molar-refractivity contribution in [1.82, 2.24) is 9.80 Å². The Morgan fingerprint density at radius 1 is 1.29 bits per heavy atom. The van der Waals surface area contributed by atoms with Crippen molar-refractivity contribution < 1.29 is 13.2 Å². The van der Waals surface area contributed by atoms with E-state index < -0.39 is 9.84 Å². The van der Waals surface area contributed by atoms with Crippen LogP contribution in [0.5, 0.6) is 0 Å². The van der Waals surface area contributed by atoms with Crippen LogP contribution in [0.2, 0.25) is 0 Å². The monoisotopic (exact) mass is 348 g/mol. The zero-order chi connectivity index (χ0) is 17.2. The molecular formula is C18H24N2O3S. The van der Waals surface area contributed by atoms with Crippen LogP contribution in [0.15, 0.2) is 36.4 Å². The summed E-state index contributed by atoms with van der Waals surface area (Å²) >= 11 is 0. The van der Waals surface area contributed by atoms with Gasteiger partial charge in [0.1, 0.15) is 0 Å². The maximum atomic E-state index is 12.5. The van der Waals surface area contributed by atoms with Gasteiger partial charge in [-0.1, -0.05) is 36.4 Å². The summed E-state index contributed by atoms with van der Waals surface area (Å²) in [5, 5.41) is 0. The molecular weight excluding hydrogens is 324 g/mol. The molecule has 0 spiro atoms. The maximum Gasteiger partial charge on any atom is 0.237 e. The van der Waals surface area contributed by atoms with Gasteiger partial charge in [0, 0.05) is 19.1 Å². The number of rotatable bonds is 4. The molecule has 6 heteroatoms. The average molecular weight is 348 g/mol. The Bertz CT molecular complexity index is 728. The number of sulfone groups is 1. The van der Waals surface area contributed by atoms with E-state index in [1.165, 1.54) is 11.1 Å². The van der Waals surface area contributed by atoms with Crippen LogP contribution in [-0.2, 0) is 14.6 Å². The van der Waals surface area contributed by atoms with Gasteiger partial charge < -0.3 is 4.90 Å². The van der Waals surface area contributed by atoms with Crippen LogP contribution in [0.4, 0.5) is 0 Å². The Morgan fingerprint density at radius 3 is 2.62 bits per heavy atom. The van der Waals surface area contributed by atoms with Gasteiger partial charge in [-0.05, 0) is 31.0 Å². The largest absolute Gasteiger partial charge is 0.338 e. The van der Waals surface area contributed by atoms with Crippen molar-refractivity contribution in [3.05, 3.63) is 42.0 Å². The van der Waals surface area contributed by atoms with Crippen LogP contribution < -0.4 is 0 Å². The van der Waals surface area contributed by atoms with Gasteiger partial charge in [-0.15, -0.1) is 0 Å². The second-order valence-corrected chi connectivity index (χ2v) is 8.89. The molecule has 3 rings (SSSR count). The molecule has 0 radical (unpaired) electrons. The third-order valence-corrected chi connectivity index (χ3v) is 6.67. The summed E-state index contributed by atoms with van der Waals surface area (Å²) < 4.78 is 23.1. The second kappa shape index (κ2) is 7.07. The molecule has 1 amide bonds. The first kappa shape index (κ1) is 17.2. The first-order valence-corrected chi connectivity index (χ1v) is 10.2. The smallest absolute Gasteiger partial charge is 0.237 e. The molecule has 5 nitrogen and oxygen atoms in total. The van der Waals surface area contributed by atoms with E-state index in [2.05, 4.69) is 18.2 Å². The number of likely N-dealkylation sites (N-methyl/N-ethyl adjacent to an activating group) is 1. The molecule has 1 atom stereocenters. The van der Waals surface area contributed by atoms with E-state index in [4.69, 9.17) is 0 Å². The minimum atomic E-state index is -2.92. The Hall–Kier alpha value is -1.66. The molecule has 2 aliphatic heterocycles. The minimum Gasteiger partial charge on any atom is -0.338 e. The number of hydrogen-bond acceptors (Lipinski definition) is 4. The lowest BCUT2D eigenvalue weighted by molar-refractivity contribution is -0.132. The van der Waals surface area contributed by atoms with Crippen molar-refractivity contribution in [1.29, 1.82) is 0 Å².